The maximum absolute atomic E-state index is 13.9. The Balaban J connectivity index is 1.07. The number of aromatic amines is 2. The van der Waals surface area contributed by atoms with Crippen LogP contribution in [0.2, 0.25) is 0 Å². The maximum Gasteiger partial charge on any atom is 0.407 e. The molecule has 0 unspecified atom stereocenters. The molecule has 5 heterocycles. The summed E-state index contributed by atoms with van der Waals surface area (Å²) in [5.41, 5.74) is 12.7. The number of H-pyrrole nitrogens is 2. The minimum Gasteiger partial charge on any atom is -0.453 e. The molecule has 296 valence electrons. The zero-order valence-electron chi connectivity index (χ0n) is 33.2. The van der Waals surface area contributed by atoms with Crippen LogP contribution in [0.4, 0.5) is 4.79 Å². The van der Waals surface area contributed by atoms with Crippen molar-refractivity contribution in [2.75, 3.05) is 20.2 Å². The molecule has 2 aromatic carbocycles. The van der Waals surface area contributed by atoms with E-state index in [2.05, 4.69) is 47.3 Å². The number of imidazole rings is 2. The van der Waals surface area contributed by atoms with Gasteiger partial charge >= 0.3 is 6.09 Å². The number of nitrogens with zero attached hydrogens (tertiary/aromatic N) is 5. The summed E-state index contributed by atoms with van der Waals surface area (Å²) in [7, 11) is 1.31. The van der Waals surface area contributed by atoms with Crippen LogP contribution in [0, 0.1) is 11.8 Å². The van der Waals surface area contributed by atoms with Gasteiger partial charge in [-0.05, 0) is 67.9 Å². The number of likely N-dealkylation sites (tertiary alicyclic amines) is 2. The molecule has 2 saturated heterocycles. The molecule has 0 bridgehead atoms. The third kappa shape index (κ3) is 7.61. The number of hydrogen-bond acceptors (Lipinski definition) is 8. The fourth-order valence-corrected chi connectivity index (χ4v) is 8.78. The van der Waals surface area contributed by atoms with Crippen molar-refractivity contribution in [1.29, 1.82) is 0 Å². The van der Waals surface area contributed by atoms with Gasteiger partial charge in [-0.15, -0.1) is 0 Å². The molecule has 3 amide bonds. The van der Waals surface area contributed by atoms with Crippen molar-refractivity contribution in [2.24, 2.45) is 17.6 Å². The average Bonchev–Trinajstić information content (AvgIpc) is 4.06. The smallest absolute Gasteiger partial charge is 0.407 e. The number of nitrogens with one attached hydrogen (secondary N) is 3. The fourth-order valence-electron chi connectivity index (χ4n) is 8.78. The van der Waals surface area contributed by atoms with Crippen LogP contribution < -0.4 is 11.1 Å². The Morgan fingerprint density at radius 2 is 1.46 bits per heavy atom. The summed E-state index contributed by atoms with van der Waals surface area (Å²) in [6.07, 6.45) is 7.93. The number of rotatable bonds is 13. The number of methoxy groups -OCH3 is 1. The van der Waals surface area contributed by atoms with Crippen LogP contribution in [0.1, 0.15) is 103 Å². The van der Waals surface area contributed by atoms with Crippen molar-refractivity contribution >= 4 is 39.8 Å². The van der Waals surface area contributed by atoms with Crippen molar-refractivity contribution in [1.82, 2.24) is 40.0 Å². The van der Waals surface area contributed by atoms with Crippen LogP contribution >= 0.6 is 0 Å². The molecule has 13 heteroatoms. The predicted molar refractivity (Wildman–Crippen MR) is 217 cm³/mol. The summed E-state index contributed by atoms with van der Waals surface area (Å²) in [5.74, 6) is 1.62. The second-order valence-corrected chi connectivity index (χ2v) is 15.3. The lowest BCUT2D eigenvalue weighted by atomic mass is 9.93. The van der Waals surface area contributed by atoms with E-state index in [0.29, 0.717) is 13.1 Å². The van der Waals surface area contributed by atoms with Gasteiger partial charge in [0.15, 0.2) is 0 Å². The Labute approximate surface area is 328 Å². The number of hydrogen-bond donors (Lipinski definition) is 4. The number of fused-ring (bicyclic) bond motifs is 2. The van der Waals surface area contributed by atoms with Crippen molar-refractivity contribution in [3.8, 4) is 22.5 Å². The molecule has 2 aliphatic heterocycles. The number of aromatic nitrogens is 5. The van der Waals surface area contributed by atoms with E-state index in [1.807, 2.05) is 60.2 Å². The average molecular weight is 762 g/mol. The minimum atomic E-state index is -0.659. The van der Waals surface area contributed by atoms with Crippen molar-refractivity contribution < 1.29 is 19.1 Å². The van der Waals surface area contributed by atoms with Gasteiger partial charge in [-0.1, -0.05) is 71.6 Å². The summed E-state index contributed by atoms with van der Waals surface area (Å²) in [5, 5.41) is 3.79. The number of amides is 3. The molecule has 5 aromatic rings. The van der Waals surface area contributed by atoms with E-state index in [9.17, 15) is 14.4 Å². The van der Waals surface area contributed by atoms with Gasteiger partial charge in [-0.3, -0.25) is 9.59 Å². The normalized spacial score (nSPS) is 18.4. The molecular weight excluding hydrogens is 707 g/mol. The monoisotopic (exact) mass is 761 g/mol. The number of ether oxygens (including phenoxy) is 1. The van der Waals surface area contributed by atoms with Gasteiger partial charge in [-0.25, -0.2) is 19.7 Å². The first-order chi connectivity index (χ1) is 27.2. The number of alkyl carbamates (subject to hydrolysis) is 1. The van der Waals surface area contributed by atoms with Gasteiger partial charge in [0.1, 0.15) is 17.7 Å². The Morgan fingerprint density at radius 3 is 2.16 bits per heavy atom. The van der Waals surface area contributed by atoms with E-state index >= 15 is 0 Å². The van der Waals surface area contributed by atoms with Gasteiger partial charge in [0.25, 0.3) is 0 Å². The van der Waals surface area contributed by atoms with E-state index in [1.54, 1.807) is 0 Å². The second kappa shape index (κ2) is 16.8. The predicted octanol–water partition coefficient (Wildman–Crippen LogP) is 7.42. The quantitative estimate of drug-likeness (QED) is 0.0959. The highest BCUT2D eigenvalue weighted by Gasteiger charge is 2.39. The molecule has 56 heavy (non-hydrogen) atoms. The first kappa shape index (κ1) is 39.0. The Morgan fingerprint density at radius 1 is 0.804 bits per heavy atom. The van der Waals surface area contributed by atoms with Crippen molar-refractivity contribution in [2.45, 2.75) is 103 Å². The molecule has 7 rings (SSSR count). The largest absolute Gasteiger partial charge is 0.453 e. The van der Waals surface area contributed by atoms with E-state index < -0.39 is 18.2 Å². The van der Waals surface area contributed by atoms with Crippen LogP contribution in [0.3, 0.4) is 0 Å². The summed E-state index contributed by atoms with van der Waals surface area (Å²) in [4.78, 5) is 65.0. The van der Waals surface area contributed by atoms with Crippen molar-refractivity contribution in [3.63, 3.8) is 0 Å². The van der Waals surface area contributed by atoms with Gasteiger partial charge in [0.05, 0.1) is 59.4 Å². The lowest BCUT2D eigenvalue weighted by molar-refractivity contribution is -0.136. The molecule has 5 N–H and O–H groups in total. The second-order valence-electron chi connectivity index (χ2n) is 15.3. The third-order valence-electron chi connectivity index (χ3n) is 12.2. The zero-order chi connectivity index (χ0) is 39.5. The molecule has 0 aliphatic carbocycles. The molecule has 0 radical (unpaired) electrons. The molecule has 3 aromatic heterocycles. The van der Waals surface area contributed by atoms with Crippen molar-refractivity contribution in [3.05, 3.63) is 66.4 Å². The first-order valence-corrected chi connectivity index (χ1v) is 20.3. The zero-order valence-corrected chi connectivity index (χ0v) is 33.2. The number of carbonyl (C=O) groups excluding carboxylic acids is 3. The first-order valence-electron chi connectivity index (χ1n) is 20.3. The summed E-state index contributed by atoms with van der Waals surface area (Å²) in [6, 6.07) is 14.9. The molecule has 4 atom stereocenters. The van der Waals surface area contributed by atoms with E-state index in [1.165, 1.54) is 7.11 Å². The summed E-state index contributed by atoms with van der Waals surface area (Å²) >= 11 is 0. The van der Waals surface area contributed by atoms with Crippen LogP contribution in [-0.4, -0.2) is 84.9 Å². The molecule has 0 spiro atoms. The molecule has 2 aliphatic rings. The van der Waals surface area contributed by atoms with Gasteiger partial charge < -0.3 is 35.6 Å². The topological polar surface area (TPSA) is 175 Å². The van der Waals surface area contributed by atoms with E-state index in [4.69, 9.17) is 25.4 Å². The number of pyridine rings is 1. The molecule has 13 nitrogen and oxygen atoms in total. The third-order valence-corrected chi connectivity index (χ3v) is 12.2. The van der Waals surface area contributed by atoms with E-state index in [-0.39, 0.29) is 35.7 Å². The maximum atomic E-state index is 13.9. The Hall–Kier alpha value is -5.30. The number of carbonyl (C=O) groups is 3. The molecular formula is C43H55N9O4. The lowest BCUT2D eigenvalue weighted by Gasteiger charge is -2.31. The van der Waals surface area contributed by atoms with Gasteiger partial charge in [0, 0.05) is 29.6 Å². The number of benzene rings is 2. The standard InChI is InChI=1S/C43H55N9O4/c1-6-25(7-2)37(44)41(53)51-20-11-13-36(51)40-47-32-19-16-29(23-33(32)48-40)31-17-14-27-22-28(15-18-30(27)46-31)34-24-45-39(49-34)35-12-10-21-52(35)42(54)38(26(8-3)9-4)50-43(55)56-5/h14-19,22-26,35-38H,6-13,20-21,44H2,1-5H3,(H,45,49)(H,47,48)(H,50,55)/t35-,36-,37-,38-/m0/s1. The highest BCUT2D eigenvalue weighted by molar-refractivity contribution is 5.88. The van der Waals surface area contributed by atoms with Crippen LogP contribution in [0.25, 0.3) is 44.5 Å². The van der Waals surface area contributed by atoms with E-state index in [0.717, 1.165) is 107 Å². The Kier molecular flexibility index (Phi) is 11.7. The fraction of sp³-hybridized carbons (Fsp3) is 0.488. The van der Waals surface area contributed by atoms with Crippen LogP contribution in [0.5, 0.6) is 0 Å². The Bertz CT molecular complexity index is 2190. The summed E-state index contributed by atoms with van der Waals surface area (Å²) < 4.78 is 4.85. The van der Waals surface area contributed by atoms with Crippen LogP contribution in [-0.2, 0) is 14.3 Å². The highest BCUT2D eigenvalue weighted by Crippen LogP contribution is 2.36. The SMILES string of the molecule is CCC(CC)[C@H](N)C(=O)N1CCC[C@H]1c1nc2ccc(-c3ccc4cc(-c5cnc([C@@H]6CCCN6C(=O)[C@@H](NC(=O)OC)C(CC)CC)[nH]5)ccc4n3)cc2[nH]1. The molecule has 0 saturated carbocycles. The highest BCUT2D eigenvalue weighted by atomic mass is 16.5. The van der Waals surface area contributed by atoms with Crippen LogP contribution in [0.15, 0.2) is 54.7 Å². The lowest BCUT2D eigenvalue weighted by Crippen LogP contribution is -2.52. The van der Waals surface area contributed by atoms with Gasteiger partial charge in [0.2, 0.25) is 11.8 Å². The van der Waals surface area contributed by atoms with Gasteiger partial charge in [-0.2, -0.15) is 0 Å². The number of nitrogens with two attached hydrogens (primary N) is 1. The minimum absolute atomic E-state index is 0.00157. The molecule has 2 fully saturated rings. The summed E-state index contributed by atoms with van der Waals surface area (Å²) in [6.45, 7) is 9.55.